The van der Waals surface area contributed by atoms with Crippen LogP contribution in [0.4, 0.5) is 0 Å². The number of benzene rings is 3. The van der Waals surface area contributed by atoms with E-state index in [1.165, 1.54) is 22.5 Å². The van der Waals surface area contributed by atoms with Crippen molar-refractivity contribution < 1.29 is 0 Å². The third-order valence-corrected chi connectivity index (χ3v) is 3.98. The molecule has 1 heterocycles. The van der Waals surface area contributed by atoms with Crippen LogP contribution in [0.2, 0.25) is 0 Å². The highest BCUT2D eigenvalue weighted by molar-refractivity contribution is 5.73. The summed E-state index contributed by atoms with van der Waals surface area (Å²) in [6.45, 7) is 0. The third-order valence-electron chi connectivity index (χ3n) is 3.98. The maximum atomic E-state index is 3.10. The van der Waals surface area contributed by atoms with Crippen LogP contribution in [0.1, 0.15) is 0 Å². The molecule has 0 saturated heterocycles. The van der Waals surface area contributed by atoms with Crippen LogP contribution in [0.25, 0.3) is 28.2 Å². The Hall–Kier alpha value is -3.06. The average molecular weight is 294 g/mol. The van der Waals surface area contributed by atoms with Crippen molar-refractivity contribution in [1.29, 1.82) is 0 Å². The number of hydrogen-bond acceptors (Lipinski definition) is 0. The number of aromatic nitrogens is 1. The fourth-order valence-electron chi connectivity index (χ4n) is 2.91. The van der Waals surface area contributed by atoms with Crippen molar-refractivity contribution >= 4 is 0 Å². The lowest BCUT2D eigenvalue weighted by Gasteiger charge is -2.14. The Labute approximate surface area is 136 Å². The highest BCUT2D eigenvalue weighted by atomic mass is 15.0. The van der Waals surface area contributed by atoms with Crippen molar-refractivity contribution in [3.8, 4) is 28.2 Å². The Bertz CT molecular complexity index is 834. The summed E-state index contributed by atoms with van der Waals surface area (Å²) >= 11 is 0. The van der Waals surface area contributed by atoms with Gasteiger partial charge < -0.3 is 4.57 Å². The van der Waals surface area contributed by atoms with Gasteiger partial charge in [-0.05, 0) is 41.5 Å². The molecule has 1 aromatic heterocycles. The zero-order valence-electron chi connectivity index (χ0n) is 12.7. The van der Waals surface area contributed by atoms with Gasteiger partial charge in [0.1, 0.15) is 0 Å². The quantitative estimate of drug-likeness (QED) is 0.462. The topological polar surface area (TPSA) is 4.93 Å². The van der Waals surface area contributed by atoms with Gasteiger partial charge in [-0.25, -0.2) is 0 Å². The number of rotatable bonds is 3. The van der Waals surface area contributed by atoms with E-state index in [-0.39, 0.29) is 0 Å². The van der Waals surface area contributed by atoms with Crippen LogP contribution in [0.5, 0.6) is 0 Å². The molecule has 0 spiro atoms. The highest BCUT2D eigenvalue weighted by Gasteiger charge is 2.12. The molecule has 0 N–H and O–H groups in total. The molecule has 0 aliphatic heterocycles. The molecule has 109 valence electrons. The molecular formula is C22H16N. The SMILES string of the molecule is [c]1ccc(-n2c(-c3ccccc3)ccc2-c2ccccc2)cc1. The molecule has 1 radical (unpaired) electrons. The number of nitrogens with zero attached hydrogens (tertiary/aromatic N) is 1. The minimum absolute atomic E-state index is 1.14. The molecule has 0 bridgehead atoms. The van der Waals surface area contributed by atoms with E-state index >= 15 is 0 Å². The van der Waals surface area contributed by atoms with E-state index in [4.69, 9.17) is 0 Å². The lowest BCUT2D eigenvalue weighted by atomic mass is 10.1. The minimum Gasteiger partial charge on any atom is -0.309 e. The molecule has 1 nitrogen and oxygen atoms in total. The fraction of sp³-hybridized carbons (Fsp3) is 0. The average Bonchev–Trinajstić information content (AvgIpc) is 3.09. The molecule has 0 amide bonds. The van der Waals surface area contributed by atoms with Crippen molar-refractivity contribution in [3.63, 3.8) is 0 Å². The van der Waals surface area contributed by atoms with Crippen LogP contribution < -0.4 is 0 Å². The van der Waals surface area contributed by atoms with Crippen molar-refractivity contribution in [3.05, 3.63) is 103 Å². The summed E-state index contributed by atoms with van der Waals surface area (Å²) in [5, 5.41) is 0. The predicted octanol–water partition coefficient (Wildman–Crippen LogP) is 5.61. The zero-order valence-corrected chi connectivity index (χ0v) is 12.7. The van der Waals surface area contributed by atoms with E-state index in [0.717, 1.165) is 5.69 Å². The molecule has 4 aromatic rings. The van der Waals surface area contributed by atoms with E-state index < -0.39 is 0 Å². The van der Waals surface area contributed by atoms with E-state index in [1.54, 1.807) is 0 Å². The molecule has 0 aliphatic rings. The maximum absolute atomic E-state index is 3.10. The van der Waals surface area contributed by atoms with Crippen LogP contribution in [-0.2, 0) is 0 Å². The van der Waals surface area contributed by atoms with Gasteiger partial charge in [0.2, 0.25) is 0 Å². The molecule has 0 aliphatic carbocycles. The summed E-state index contributed by atoms with van der Waals surface area (Å²) in [6, 6.07) is 36.6. The molecule has 0 fully saturated rings. The van der Waals surface area contributed by atoms with Gasteiger partial charge in [0.15, 0.2) is 0 Å². The number of hydrogen-bond donors (Lipinski definition) is 0. The predicted molar refractivity (Wildman–Crippen MR) is 95.5 cm³/mol. The van der Waals surface area contributed by atoms with E-state index in [9.17, 15) is 0 Å². The van der Waals surface area contributed by atoms with Crippen molar-refractivity contribution in [1.82, 2.24) is 4.57 Å². The van der Waals surface area contributed by atoms with E-state index in [2.05, 4.69) is 83.4 Å². The van der Waals surface area contributed by atoms with Gasteiger partial charge in [-0.1, -0.05) is 72.8 Å². The van der Waals surface area contributed by atoms with Gasteiger partial charge in [0, 0.05) is 5.69 Å². The Morgan fingerprint density at radius 1 is 0.522 bits per heavy atom. The van der Waals surface area contributed by atoms with Crippen LogP contribution in [0, 0.1) is 6.07 Å². The summed E-state index contributed by atoms with van der Waals surface area (Å²) < 4.78 is 2.30. The molecule has 0 atom stereocenters. The van der Waals surface area contributed by atoms with Crippen molar-refractivity contribution in [2.75, 3.05) is 0 Å². The van der Waals surface area contributed by atoms with Gasteiger partial charge in [0.05, 0.1) is 11.4 Å². The molecule has 0 saturated carbocycles. The zero-order chi connectivity index (χ0) is 15.5. The molecule has 23 heavy (non-hydrogen) atoms. The first-order valence-corrected chi connectivity index (χ1v) is 7.72. The monoisotopic (exact) mass is 294 g/mol. The summed E-state index contributed by atoms with van der Waals surface area (Å²) in [5.74, 6) is 0. The Balaban J connectivity index is 1.97. The normalized spacial score (nSPS) is 10.6. The third kappa shape index (κ3) is 2.58. The second-order valence-corrected chi connectivity index (χ2v) is 5.43. The Morgan fingerprint density at radius 3 is 1.48 bits per heavy atom. The van der Waals surface area contributed by atoms with Crippen molar-refractivity contribution in [2.45, 2.75) is 0 Å². The summed E-state index contributed by atoms with van der Waals surface area (Å²) in [4.78, 5) is 0. The van der Waals surface area contributed by atoms with Gasteiger partial charge in [-0.3, -0.25) is 0 Å². The first kappa shape index (κ1) is 13.6. The lowest BCUT2D eigenvalue weighted by molar-refractivity contribution is 1.09. The second kappa shape index (κ2) is 5.98. The fourth-order valence-corrected chi connectivity index (χ4v) is 2.91. The molecular weight excluding hydrogens is 278 g/mol. The van der Waals surface area contributed by atoms with Gasteiger partial charge in [-0.15, -0.1) is 0 Å². The first-order chi connectivity index (χ1) is 11.4. The molecule has 4 rings (SSSR count). The first-order valence-electron chi connectivity index (χ1n) is 7.72. The summed E-state index contributed by atoms with van der Waals surface area (Å²) in [7, 11) is 0. The van der Waals surface area contributed by atoms with Crippen LogP contribution in [0.3, 0.4) is 0 Å². The summed E-state index contributed by atoms with van der Waals surface area (Å²) in [5.41, 5.74) is 5.95. The van der Waals surface area contributed by atoms with Crippen LogP contribution >= 0.6 is 0 Å². The standard InChI is InChI=1S/C22H16N/c1-4-10-18(11-5-1)21-16-17-22(19-12-6-2-7-13-19)23(21)20-14-8-3-9-15-20/h1-2,4-17H. The molecule has 1 heteroatoms. The van der Waals surface area contributed by atoms with Crippen LogP contribution in [0.15, 0.2) is 97.1 Å². The van der Waals surface area contributed by atoms with Gasteiger partial charge in [-0.2, -0.15) is 0 Å². The lowest BCUT2D eigenvalue weighted by Crippen LogP contribution is -1.99. The largest absolute Gasteiger partial charge is 0.309 e. The minimum atomic E-state index is 1.14. The van der Waals surface area contributed by atoms with Crippen molar-refractivity contribution in [2.24, 2.45) is 0 Å². The maximum Gasteiger partial charge on any atom is 0.0535 e. The Morgan fingerprint density at radius 2 is 1.00 bits per heavy atom. The smallest absolute Gasteiger partial charge is 0.0535 e. The summed E-state index contributed by atoms with van der Waals surface area (Å²) in [6.07, 6.45) is 0. The highest BCUT2D eigenvalue weighted by Crippen LogP contribution is 2.32. The van der Waals surface area contributed by atoms with Gasteiger partial charge in [0.25, 0.3) is 0 Å². The Kier molecular flexibility index (Phi) is 3.53. The molecule has 3 aromatic carbocycles. The van der Waals surface area contributed by atoms with Gasteiger partial charge >= 0.3 is 0 Å². The second-order valence-electron chi connectivity index (χ2n) is 5.43. The van der Waals surface area contributed by atoms with E-state index in [0.29, 0.717) is 0 Å². The van der Waals surface area contributed by atoms with Crippen LogP contribution in [-0.4, -0.2) is 4.57 Å². The van der Waals surface area contributed by atoms with E-state index in [1.807, 2.05) is 24.3 Å². The molecule has 0 unspecified atom stereocenters.